The Kier molecular flexibility index (Phi) is 10.1. The predicted octanol–water partition coefficient (Wildman–Crippen LogP) is 15.5. The van der Waals surface area contributed by atoms with Gasteiger partial charge >= 0.3 is 0 Å². The van der Waals surface area contributed by atoms with Gasteiger partial charge in [-0.05, 0) is 108 Å². The molecule has 0 saturated heterocycles. The van der Waals surface area contributed by atoms with Crippen molar-refractivity contribution in [2.75, 3.05) is 0 Å². The Balaban J connectivity index is 0.998. The molecule has 4 aliphatic carbocycles. The maximum absolute atomic E-state index is 5.55. The van der Waals surface area contributed by atoms with Crippen LogP contribution in [-0.2, 0) is 10.8 Å². The van der Waals surface area contributed by atoms with Crippen molar-refractivity contribution in [1.82, 2.24) is 5.32 Å². The van der Waals surface area contributed by atoms with Crippen LogP contribution < -0.4 is 5.32 Å². The fourth-order valence-corrected chi connectivity index (χ4v) is 12.2. The Labute approximate surface area is 411 Å². The molecule has 8 aromatic carbocycles. The molecule has 3 nitrogen and oxygen atoms in total. The summed E-state index contributed by atoms with van der Waals surface area (Å²) in [4.78, 5) is 11.0. The van der Waals surface area contributed by atoms with E-state index in [-0.39, 0.29) is 17.5 Å². The maximum Gasteiger partial charge on any atom is 0.159 e. The number of nitrogens with one attached hydrogen (secondary N) is 1. The predicted molar refractivity (Wildman–Crippen MR) is 291 cm³/mol. The van der Waals surface area contributed by atoms with Crippen molar-refractivity contribution >= 4 is 11.7 Å². The minimum absolute atomic E-state index is 0.184. The monoisotopic (exact) mass is 899 g/mol. The Morgan fingerprint density at radius 2 is 1.01 bits per heavy atom. The lowest BCUT2D eigenvalue weighted by Crippen LogP contribution is -2.43. The number of nitrogens with zero attached hydrogens (tertiary/aromatic N) is 2. The number of amidine groups is 2. The first kappa shape index (κ1) is 42.0. The van der Waals surface area contributed by atoms with Gasteiger partial charge in [0.2, 0.25) is 0 Å². The van der Waals surface area contributed by atoms with E-state index < -0.39 is 5.41 Å². The molecule has 3 atom stereocenters. The third-order valence-corrected chi connectivity index (χ3v) is 15.7. The Hall–Kier alpha value is -8.14. The molecular formula is C67H53N3. The summed E-state index contributed by atoms with van der Waals surface area (Å²) in [5, 5.41) is 3.77. The van der Waals surface area contributed by atoms with E-state index in [1.807, 2.05) is 0 Å². The van der Waals surface area contributed by atoms with Crippen LogP contribution in [0.3, 0.4) is 0 Å². The van der Waals surface area contributed by atoms with Crippen molar-refractivity contribution in [1.29, 1.82) is 0 Å². The van der Waals surface area contributed by atoms with Crippen molar-refractivity contribution in [3.63, 3.8) is 0 Å². The number of hydrogen-bond acceptors (Lipinski definition) is 3. The molecule has 1 aliphatic heterocycles. The fraction of sp³-hybridized carbons (Fsp3) is 0.134. The lowest BCUT2D eigenvalue weighted by Gasteiger charge is -2.46. The molecule has 0 aromatic heterocycles. The highest BCUT2D eigenvalue weighted by atomic mass is 15.2. The smallest absolute Gasteiger partial charge is 0.159 e. The number of allylic oxidation sites excluding steroid dienone is 7. The fourth-order valence-electron chi connectivity index (χ4n) is 12.2. The molecule has 3 unspecified atom stereocenters. The number of hydrogen-bond donors (Lipinski definition) is 1. The van der Waals surface area contributed by atoms with E-state index in [0.717, 1.165) is 35.6 Å². The third-order valence-electron chi connectivity index (χ3n) is 15.7. The van der Waals surface area contributed by atoms with Crippen LogP contribution in [0.5, 0.6) is 0 Å². The average molecular weight is 900 g/mol. The second-order valence-corrected chi connectivity index (χ2v) is 20.0. The summed E-state index contributed by atoms with van der Waals surface area (Å²) in [6.45, 7) is 4.78. The van der Waals surface area contributed by atoms with Gasteiger partial charge in [0.25, 0.3) is 0 Å². The van der Waals surface area contributed by atoms with Crippen molar-refractivity contribution < 1.29 is 0 Å². The highest BCUT2D eigenvalue weighted by Gasteiger charge is 2.54. The number of rotatable bonds is 7. The molecule has 0 bridgehead atoms. The van der Waals surface area contributed by atoms with Gasteiger partial charge in [0, 0.05) is 28.4 Å². The number of aliphatic imine (C=N–C) groups is 2. The van der Waals surface area contributed by atoms with Crippen molar-refractivity contribution in [2.45, 2.75) is 49.6 Å². The molecular weight excluding hydrogens is 847 g/mol. The average Bonchev–Trinajstić information content (AvgIpc) is 3.73. The van der Waals surface area contributed by atoms with Gasteiger partial charge in [-0.3, -0.25) is 0 Å². The molecule has 13 rings (SSSR count). The standard InChI is InChI=1S/C67H53N3/c1-66(2)57-29-15-17-31-59(57)67(60-32-18-16-30-58(60)66)56-39-38-50(46-34-36-47(37-35-46)53-41-51(44-20-7-3-8-21-44)40-52(42-53)45-22-9-4-10-23-45)43-55(56)62-54(28-19-33-61(62)67)65-69-63(48-24-11-5-12-25-48)68-64(70-65)49-26-13-6-14-27-49/h3-22,24-26,28-43,45,49,64H,23,27H2,1-2H3,(H,68,69,70). The van der Waals surface area contributed by atoms with Gasteiger partial charge in [0.1, 0.15) is 12.0 Å². The molecule has 0 amide bonds. The van der Waals surface area contributed by atoms with Crippen LogP contribution in [0.15, 0.2) is 247 Å². The molecule has 0 fully saturated rings. The van der Waals surface area contributed by atoms with Crippen LogP contribution in [-0.4, -0.2) is 17.8 Å². The van der Waals surface area contributed by atoms with Crippen LogP contribution in [0.25, 0.3) is 44.5 Å². The number of fused-ring (bicyclic) bond motifs is 9. The quantitative estimate of drug-likeness (QED) is 0.170. The van der Waals surface area contributed by atoms with E-state index in [1.165, 1.54) is 83.5 Å². The summed E-state index contributed by atoms with van der Waals surface area (Å²) in [6, 6.07) is 70.2. The molecule has 0 radical (unpaired) electrons. The van der Waals surface area contributed by atoms with E-state index >= 15 is 0 Å². The molecule has 8 aromatic rings. The van der Waals surface area contributed by atoms with Crippen molar-refractivity contribution in [3.8, 4) is 44.5 Å². The Bertz CT molecular complexity index is 3500. The summed E-state index contributed by atoms with van der Waals surface area (Å²) in [5.74, 6) is 2.14. The van der Waals surface area contributed by atoms with Gasteiger partial charge < -0.3 is 5.32 Å². The second-order valence-electron chi connectivity index (χ2n) is 20.0. The van der Waals surface area contributed by atoms with Gasteiger partial charge in [-0.15, -0.1) is 0 Å². The highest BCUT2D eigenvalue weighted by Crippen LogP contribution is 2.63. The van der Waals surface area contributed by atoms with Gasteiger partial charge in [-0.25, -0.2) is 9.98 Å². The zero-order valence-corrected chi connectivity index (χ0v) is 39.6. The van der Waals surface area contributed by atoms with Crippen molar-refractivity contribution in [3.05, 3.63) is 287 Å². The van der Waals surface area contributed by atoms with Gasteiger partial charge in [0.15, 0.2) is 5.84 Å². The van der Waals surface area contributed by atoms with E-state index in [9.17, 15) is 0 Å². The summed E-state index contributed by atoms with van der Waals surface area (Å²) in [7, 11) is 0. The molecule has 0 saturated carbocycles. The SMILES string of the molecule is CC1(C)c2ccccc2C2(c3ccc(-c4ccc(-c5cc(-c6ccccc6)cc(C6C=CC=CC6)c5)cc4)cc3-c3c(C4=NC(C5C=CC=CC5)NC(c5ccccc5)=N4)cccc32)c2ccccc21. The molecule has 3 heteroatoms. The molecule has 1 spiro atoms. The van der Waals surface area contributed by atoms with Crippen molar-refractivity contribution in [2.24, 2.45) is 15.9 Å². The van der Waals surface area contributed by atoms with E-state index in [1.54, 1.807) is 0 Å². The zero-order chi connectivity index (χ0) is 46.8. The molecule has 1 heterocycles. The number of benzene rings is 8. The van der Waals surface area contributed by atoms with Gasteiger partial charge in [-0.2, -0.15) is 0 Å². The third kappa shape index (κ3) is 6.78. The van der Waals surface area contributed by atoms with Crippen LogP contribution in [0.1, 0.15) is 82.7 Å². The van der Waals surface area contributed by atoms with E-state index in [4.69, 9.17) is 9.98 Å². The van der Waals surface area contributed by atoms with E-state index in [0.29, 0.717) is 5.92 Å². The molecule has 1 N–H and O–H groups in total. The van der Waals surface area contributed by atoms with Gasteiger partial charge in [0.05, 0.1) is 5.41 Å². The minimum atomic E-state index is -0.563. The minimum Gasteiger partial charge on any atom is -0.347 e. The van der Waals surface area contributed by atoms with Gasteiger partial charge in [-0.1, -0.05) is 238 Å². The first-order valence-corrected chi connectivity index (χ1v) is 24.9. The maximum atomic E-state index is 5.55. The molecule has 5 aliphatic rings. The van der Waals surface area contributed by atoms with E-state index in [2.05, 4.69) is 256 Å². The first-order valence-electron chi connectivity index (χ1n) is 24.9. The lowest BCUT2D eigenvalue weighted by atomic mass is 9.55. The lowest BCUT2D eigenvalue weighted by molar-refractivity contribution is 0.475. The summed E-state index contributed by atoms with van der Waals surface area (Å²) in [6.07, 6.45) is 19.5. The summed E-state index contributed by atoms with van der Waals surface area (Å²) >= 11 is 0. The Morgan fingerprint density at radius 1 is 0.443 bits per heavy atom. The highest BCUT2D eigenvalue weighted by molar-refractivity contribution is 6.16. The molecule has 336 valence electrons. The topological polar surface area (TPSA) is 36.8 Å². The second kappa shape index (κ2) is 16.8. The largest absolute Gasteiger partial charge is 0.347 e. The first-order chi connectivity index (χ1) is 34.4. The normalized spacial score (nSPS) is 19.6. The zero-order valence-electron chi connectivity index (χ0n) is 39.6. The van der Waals surface area contributed by atoms with Crippen LogP contribution >= 0.6 is 0 Å². The van der Waals surface area contributed by atoms with Crippen LogP contribution in [0.4, 0.5) is 0 Å². The Morgan fingerprint density at radius 3 is 1.66 bits per heavy atom. The summed E-state index contributed by atoms with van der Waals surface area (Å²) < 4.78 is 0. The van der Waals surface area contributed by atoms with Crippen LogP contribution in [0.2, 0.25) is 0 Å². The van der Waals surface area contributed by atoms with Crippen LogP contribution in [0, 0.1) is 5.92 Å². The molecule has 70 heavy (non-hydrogen) atoms. The summed E-state index contributed by atoms with van der Waals surface area (Å²) in [5.41, 5.74) is 20.3.